The van der Waals surface area contributed by atoms with Crippen molar-refractivity contribution in [1.82, 2.24) is 25.4 Å². The molecule has 0 radical (unpaired) electrons. The first kappa shape index (κ1) is 18.9. The number of aromatic nitrogens is 3. The van der Waals surface area contributed by atoms with E-state index < -0.39 is 11.9 Å². The average molecular weight is 419 g/mol. The lowest BCUT2D eigenvalue weighted by Gasteiger charge is -2.29. The van der Waals surface area contributed by atoms with Gasteiger partial charge in [-0.2, -0.15) is 0 Å². The third kappa shape index (κ3) is 3.31. The van der Waals surface area contributed by atoms with Crippen molar-refractivity contribution in [3.8, 4) is 28.9 Å². The van der Waals surface area contributed by atoms with E-state index in [-0.39, 0.29) is 36.6 Å². The maximum Gasteiger partial charge on any atom is 0.266 e. The highest BCUT2D eigenvalue weighted by molar-refractivity contribution is 6.05. The first-order chi connectivity index (χ1) is 15.0. The number of piperidine rings is 1. The Morgan fingerprint density at radius 2 is 1.97 bits per heavy atom. The maximum absolute atomic E-state index is 12.8. The first-order valence-corrected chi connectivity index (χ1v) is 9.66. The summed E-state index contributed by atoms with van der Waals surface area (Å²) in [5, 5.41) is 10.4. The van der Waals surface area contributed by atoms with Crippen LogP contribution in [0.3, 0.4) is 0 Å². The number of nitrogens with zero attached hydrogens (tertiary/aromatic N) is 4. The Hall–Kier alpha value is -4.08. The molecular weight excluding hydrogens is 402 g/mol. The number of amides is 3. The average Bonchev–Trinajstić information content (AvgIpc) is 3.39. The van der Waals surface area contributed by atoms with Crippen LogP contribution in [0, 0.1) is 0 Å². The molecule has 2 aliphatic heterocycles. The molecule has 1 N–H and O–H groups in total. The van der Waals surface area contributed by atoms with Crippen LogP contribution >= 0.6 is 0 Å². The topological polar surface area (TPSA) is 128 Å². The monoisotopic (exact) mass is 419 g/mol. The summed E-state index contributed by atoms with van der Waals surface area (Å²) < 4.78 is 10.9. The summed E-state index contributed by atoms with van der Waals surface area (Å²) in [7, 11) is 1.52. The van der Waals surface area contributed by atoms with Gasteiger partial charge in [0.25, 0.3) is 11.8 Å². The molecule has 0 spiro atoms. The zero-order chi connectivity index (χ0) is 21.5. The van der Waals surface area contributed by atoms with E-state index >= 15 is 0 Å². The molecule has 1 atom stereocenters. The van der Waals surface area contributed by atoms with Gasteiger partial charge >= 0.3 is 0 Å². The normalized spacial score (nSPS) is 18.2. The van der Waals surface area contributed by atoms with E-state index in [4.69, 9.17) is 9.15 Å². The van der Waals surface area contributed by atoms with Gasteiger partial charge in [-0.15, -0.1) is 10.2 Å². The molecule has 3 amide bonds. The molecule has 1 unspecified atom stereocenters. The van der Waals surface area contributed by atoms with Crippen LogP contribution in [0.5, 0.6) is 5.88 Å². The summed E-state index contributed by atoms with van der Waals surface area (Å²) in [6.07, 6.45) is 0.530. The summed E-state index contributed by atoms with van der Waals surface area (Å²) in [5.74, 6) is -0.0231. The number of benzene rings is 1. The van der Waals surface area contributed by atoms with Gasteiger partial charge in [0.1, 0.15) is 11.7 Å². The molecule has 10 nitrogen and oxygen atoms in total. The van der Waals surface area contributed by atoms with Crippen LogP contribution in [0.4, 0.5) is 0 Å². The number of carbonyl (C=O) groups excluding carboxylic acids is 3. The van der Waals surface area contributed by atoms with Crippen LogP contribution in [0.2, 0.25) is 0 Å². The molecule has 4 heterocycles. The van der Waals surface area contributed by atoms with Crippen molar-refractivity contribution in [3.05, 3.63) is 47.5 Å². The van der Waals surface area contributed by atoms with Gasteiger partial charge in [-0.25, -0.2) is 4.98 Å². The minimum atomic E-state index is -0.657. The molecule has 1 saturated heterocycles. The number of fused-ring (bicyclic) bond motifs is 1. The minimum absolute atomic E-state index is 0.213. The molecule has 3 aromatic rings. The highest BCUT2D eigenvalue weighted by Crippen LogP contribution is 2.31. The van der Waals surface area contributed by atoms with E-state index in [2.05, 4.69) is 20.5 Å². The fourth-order valence-corrected chi connectivity index (χ4v) is 3.80. The van der Waals surface area contributed by atoms with Crippen molar-refractivity contribution in [2.45, 2.75) is 25.4 Å². The van der Waals surface area contributed by atoms with Crippen molar-refractivity contribution >= 4 is 17.7 Å². The second-order valence-electron chi connectivity index (χ2n) is 7.25. The molecule has 1 fully saturated rings. The van der Waals surface area contributed by atoms with Crippen molar-refractivity contribution in [2.24, 2.45) is 0 Å². The van der Waals surface area contributed by atoms with Crippen molar-refractivity contribution < 1.29 is 23.5 Å². The number of nitrogens with one attached hydrogen (secondary N) is 1. The summed E-state index contributed by atoms with van der Waals surface area (Å²) in [6, 6.07) is 9.78. The standard InChI is InChI=1S/C21H17N5O5/c1-30-17-4-2-3-14(22-17)20-25-24-19(31-20)11-5-6-13-12(9-11)10-26(21(13)29)15-7-8-16(27)23-18(15)28/h2-6,9,15H,7-8,10H2,1H3,(H,23,27,28). The Balaban J connectivity index is 1.40. The largest absolute Gasteiger partial charge is 0.481 e. The number of carbonyl (C=O) groups is 3. The molecule has 2 aliphatic rings. The molecule has 156 valence electrons. The summed E-state index contributed by atoms with van der Waals surface area (Å²) in [4.78, 5) is 42.2. The second kappa shape index (κ2) is 7.31. The molecule has 10 heteroatoms. The molecule has 1 aromatic carbocycles. The quantitative estimate of drug-likeness (QED) is 0.631. The Kier molecular flexibility index (Phi) is 4.46. The SMILES string of the molecule is COc1cccc(-c2nnc(-c3ccc4c(c3)CN(C3CCC(=O)NC3=O)C4=O)o2)n1. The van der Waals surface area contributed by atoms with Crippen LogP contribution in [-0.4, -0.2) is 51.0 Å². The number of ether oxygens (including phenoxy) is 1. The third-order valence-electron chi connectivity index (χ3n) is 5.35. The van der Waals surface area contributed by atoms with Gasteiger partial charge in [0.15, 0.2) is 0 Å². The van der Waals surface area contributed by atoms with Crippen molar-refractivity contribution in [1.29, 1.82) is 0 Å². The summed E-state index contributed by atoms with van der Waals surface area (Å²) >= 11 is 0. The van der Waals surface area contributed by atoms with Gasteiger partial charge in [0.2, 0.25) is 23.6 Å². The van der Waals surface area contributed by atoms with Gasteiger partial charge in [0.05, 0.1) is 7.11 Å². The summed E-state index contributed by atoms with van der Waals surface area (Å²) in [5.41, 5.74) is 2.41. The predicted octanol–water partition coefficient (Wildman–Crippen LogP) is 1.57. The fourth-order valence-electron chi connectivity index (χ4n) is 3.80. The van der Waals surface area contributed by atoms with E-state index in [1.54, 1.807) is 36.4 Å². The number of imide groups is 1. The fraction of sp³-hybridized carbons (Fsp3) is 0.238. The Labute approximate surface area is 176 Å². The smallest absolute Gasteiger partial charge is 0.266 e. The number of hydrogen-bond acceptors (Lipinski definition) is 8. The predicted molar refractivity (Wildman–Crippen MR) is 106 cm³/mol. The molecule has 2 aromatic heterocycles. The Bertz CT molecular complexity index is 1220. The van der Waals surface area contributed by atoms with Gasteiger partial charge in [-0.3, -0.25) is 19.7 Å². The maximum atomic E-state index is 12.8. The first-order valence-electron chi connectivity index (χ1n) is 9.66. The van der Waals surface area contributed by atoms with E-state index in [1.807, 2.05) is 0 Å². The number of rotatable bonds is 4. The van der Waals surface area contributed by atoms with Crippen LogP contribution in [0.15, 0.2) is 40.8 Å². The lowest BCUT2D eigenvalue weighted by molar-refractivity contribution is -0.136. The Morgan fingerprint density at radius 1 is 1.13 bits per heavy atom. The molecular formula is C21H17N5O5. The van der Waals surface area contributed by atoms with Crippen LogP contribution in [0.25, 0.3) is 23.0 Å². The van der Waals surface area contributed by atoms with Crippen LogP contribution in [0.1, 0.15) is 28.8 Å². The summed E-state index contributed by atoms with van der Waals surface area (Å²) in [6.45, 7) is 0.271. The van der Waals surface area contributed by atoms with Crippen LogP contribution < -0.4 is 10.1 Å². The molecule has 0 bridgehead atoms. The van der Waals surface area contributed by atoms with E-state index in [0.29, 0.717) is 29.1 Å². The van der Waals surface area contributed by atoms with Crippen molar-refractivity contribution in [2.75, 3.05) is 7.11 Å². The van der Waals surface area contributed by atoms with Gasteiger partial charge in [-0.05, 0) is 36.2 Å². The van der Waals surface area contributed by atoms with Crippen LogP contribution in [-0.2, 0) is 16.1 Å². The Morgan fingerprint density at radius 3 is 2.77 bits per heavy atom. The molecule has 0 saturated carbocycles. The third-order valence-corrected chi connectivity index (χ3v) is 5.35. The zero-order valence-electron chi connectivity index (χ0n) is 16.5. The zero-order valence-corrected chi connectivity index (χ0v) is 16.5. The molecule has 0 aliphatic carbocycles. The van der Waals surface area contributed by atoms with E-state index in [1.165, 1.54) is 12.0 Å². The van der Waals surface area contributed by atoms with Crippen molar-refractivity contribution in [3.63, 3.8) is 0 Å². The van der Waals surface area contributed by atoms with Gasteiger partial charge < -0.3 is 14.1 Å². The number of pyridine rings is 1. The lowest BCUT2D eigenvalue weighted by atomic mass is 10.0. The number of methoxy groups -OCH3 is 1. The van der Waals surface area contributed by atoms with Gasteiger partial charge in [-0.1, -0.05) is 6.07 Å². The molecule has 31 heavy (non-hydrogen) atoms. The minimum Gasteiger partial charge on any atom is -0.481 e. The second-order valence-corrected chi connectivity index (χ2v) is 7.25. The molecule has 5 rings (SSSR count). The van der Waals surface area contributed by atoms with E-state index in [0.717, 1.165) is 5.56 Å². The lowest BCUT2D eigenvalue weighted by Crippen LogP contribution is -2.52. The van der Waals surface area contributed by atoms with Gasteiger partial charge in [0, 0.05) is 30.2 Å². The number of hydrogen-bond donors (Lipinski definition) is 1. The highest BCUT2D eigenvalue weighted by Gasteiger charge is 2.39. The highest BCUT2D eigenvalue weighted by atomic mass is 16.5. The van der Waals surface area contributed by atoms with E-state index in [9.17, 15) is 14.4 Å².